The van der Waals surface area contributed by atoms with Gasteiger partial charge in [-0.25, -0.2) is 4.68 Å². The van der Waals surface area contributed by atoms with Crippen molar-refractivity contribution in [2.45, 2.75) is 19.9 Å². The Morgan fingerprint density at radius 1 is 1.50 bits per heavy atom. The maximum absolute atomic E-state index is 10.7. The SMILES string of the molecule is CC(CC(=O)O)Cn1nnnc1-c1cc(Cl)cc(Br)c1. The molecule has 0 spiro atoms. The smallest absolute Gasteiger partial charge is 0.303 e. The average molecular weight is 360 g/mol. The predicted octanol–water partition coefficient (Wildman–Crippen LogP) is 2.87. The monoisotopic (exact) mass is 358 g/mol. The third-order valence-electron chi connectivity index (χ3n) is 2.66. The Morgan fingerprint density at radius 3 is 2.90 bits per heavy atom. The summed E-state index contributed by atoms with van der Waals surface area (Å²) in [5.41, 5.74) is 0.775. The van der Waals surface area contributed by atoms with Crippen molar-refractivity contribution >= 4 is 33.5 Å². The second-order valence-electron chi connectivity index (χ2n) is 4.55. The van der Waals surface area contributed by atoms with Crippen LogP contribution in [-0.2, 0) is 11.3 Å². The van der Waals surface area contributed by atoms with Crippen molar-refractivity contribution in [3.8, 4) is 11.4 Å². The van der Waals surface area contributed by atoms with E-state index < -0.39 is 5.97 Å². The minimum absolute atomic E-state index is 0.0680. The number of aliphatic carboxylic acids is 1. The van der Waals surface area contributed by atoms with Crippen LogP contribution in [0.2, 0.25) is 5.02 Å². The fourth-order valence-corrected chi connectivity index (χ4v) is 2.74. The molecular formula is C12H12BrClN4O2. The van der Waals surface area contributed by atoms with E-state index in [0.29, 0.717) is 17.4 Å². The summed E-state index contributed by atoms with van der Waals surface area (Å²) < 4.78 is 2.42. The molecular weight excluding hydrogens is 348 g/mol. The van der Waals surface area contributed by atoms with E-state index in [2.05, 4.69) is 31.5 Å². The maximum Gasteiger partial charge on any atom is 0.303 e. The zero-order valence-corrected chi connectivity index (χ0v) is 13.0. The van der Waals surface area contributed by atoms with Gasteiger partial charge in [-0.15, -0.1) is 5.10 Å². The number of carbonyl (C=O) groups is 1. The highest BCUT2D eigenvalue weighted by molar-refractivity contribution is 9.10. The molecule has 0 fully saturated rings. The number of hydrogen-bond donors (Lipinski definition) is 1. The van der Waals surface area contributed by atoms with Crippen molar-refractivity contribution in [3.63, 3.8) is 0 Å². The molecule has 0 saturated carbocycles. The summed E-state index contributed by atoms with van der Waals surface area (Å²) >= 11 is 9.38. The molecule has 1 atom stereocenters. The van der Waals surface area contributed by atoms with Gasteiger partial charge in [-0.1, -0.05) is 34.5 Å². The van der Waals surface area contributed by atoms with Crippen molar-refractivity contribution in [3.05, 3.63) is 27.7 Å². The van der Waals surface area contributed by atoms with Crippen LogP contribution >= 0.6 is 27.5 Å². The Bertz CT molecular complexity index is 611. The van der Waals surface area contributed by atoms with Gasteiger partial charge in [0, 0.05) is 28.0 Å². The molecule has 1 aromatic heterocycles. The van der Waals surface area contributed by atoms with E-state index in [9.17, 15) is 4.79 Å². The molecule has 0 radical (unpaired) electrons. The number of aromatic nitrogens is 4. The predicted molar refractivity (Wildman–Crippen MR) is 77.4 cm³/mol. The van der Waals surface area contributed by atoms with Crippen LogP contribution in [0.1, 0.15) is 13.3 Å². The van der Waals surface area contributed by atoms with E-state index in [-0.39, 0.29) is 12.3 Å². The molecule has 2 aromatic rings. The third kappa shape index (κ3) is 3.77. The number of rotatable bonds is 5. The quantitative estimate of drug-likeness (QED) is 0.888. The van der Waals surface area contributed by atoms with Gasteiger partial charge < -0.3 is 5.11 Å². The lowest BCUT2D eigenvalue weighted by molar-refractivity contribution is -0.138. The Balaban J connectivity index is 2.26. The van der Waals surface area contributed by atoms with Gasteiger partial charge in [0.25, 0.3) is 0 Å². The first-order chi connectivity index (χ1) is 9.45. The number of halogens is 2. The first-order valence-corrected chi connectivity index (χ1v) is 7.07. The lowest BCUT2D eigenvalue weighted by Gasteiger charge is -2.10. The molecule has 0 aliphatic carbocycles. The Kier molecular flexibility index (Phi) is 4.72. The maximum atomic E-state index is 10.7. The van der Waals surface area contributed by atoms with Crippen LogP contribution in [0.25, 0.3) is 11.4 Å². The fourth-order valence-electron chi connectivity index (χ4n) is 1.88. The standard InChI is InChI=1S/C12H12BrClN4O2/c1-7(2-11(19)20)6-18-12(15-16-17-18)8-3-9(13)5-10(14)4-8/h3-5,7H,2,6H2,1H3,(H,19,20). The highest BCUT2D eigenvalue weighted by atomic mass is 79.9. The Labute approximate surface area is 128 Å². The van der Waals surface area contributed by atoms with Crippen LogP contribution in [0, 0.1) is 5.92 Å². The van der Waals surface area contributed by atoms with Gasteiger partial charge >= 0.3 is 5.97 Å². The second-order valence-corrected chi connectivity index (χ2v) is 5.90. The molecule has 1 unspecified atom stereocenters. The summed E-state index contributed by atoms with van der Waals surface area (Å²) in [6.45, 7) is 2.27. The van der Waals surface area contributed by atoms with Crippen molar-refractivity contribution in [1.82, 2.24) is 20.2 Å². The Morgan fingerprint density at radius 2 is 2.25 bits per heavy atom. The van der Waals surface area contributed by atoms with Gasteiger partial charge in [0.2, 0.25) is 0 Å². The number of benzene rings is 1. The molecule has 0 amide bonds. The highest BCUT2D eigenvalue weighted by Gasteiger charge is 2.15. The molecule has 2 rings (SSSR count). The van der Waals surface area contributed by atoms with E-state index in [0.717, 1.165) is 10.0 Å². The summed E-state index contributed by atoms with van der Waals surface area (Å²) in [4.78, 5) is 10.7. The normalized spacial score (nSPS) is 12.3. The van der Waals surface area contributed by atoms with Crippen LogP contribution in [0.15, 0.2) is 22.7 Å². The summed E-state index contributed by atoms with van der Waals surface area (Å²) in [5.74, 6) is -0.347. The minimum atomic E-state index is -0.836. The average Bonchev–Trinajstić information content (AvgIpc) is 2.74. The Hall–Kier alpha value is -1.47. The summed E-state index contributed by atoms with van der Waals surface area (Å²) in [6.07, 6.45) is 0.0680. The van der Waals surface area contributed by atoms with Crippen LogP contribution in [0.5, 0.6) is 0 Å². The van der Waals surface area contributed by atoms with Gasteiger partial charge in [0.05, 0.1) is 0 Å². The molecule has 106 valence electrons. The van der Waals surface area contributed by atoms with Crippen molar-refractivity contribution in [2.75, 3.05) is 0 Å². The number of tetrazole rings is 1. The van der Waals surface area contributed by atoms with Gasteiger partial charge in [-0.3, -0.25) is 4.79 Å². The minimum Gasteiger partial charge on any atom is -0.481 e. The van der Waals surface area contributed by atoms with Crippen molar-refractivity contribution < 1.29 is 9.90 Å². The van der Waals surface area contributed by atoms with Gasteiger partial charge in [0.15, 0.2) is 5.82 Å². The van der Waals surface area contributed by atoms with Crippen LogP contribution in [0.3, 0.4) is 0 Å². The lowest BCUT2D eigenvalue weighted by atomic mass is 10.1. The topological polar surface area (TPSA) is 80.9 Å². The van der Waals surface area contributed by atoms with E-state index in [1.54, 1.807) is 16.8 Å². The van der Waals surface area contributed by atoms with Crippen molar-refractivity contribution in [1.29, 1.82) is 0 Å². The molecule has 20 heavy (non-hydrogen) atoms. The van der Waals surface area contributed by atoms with E-state index in [4.69, 9.17) is 16.7 Å². The van der Waals surface area contributed by atoms with E-state index in [1.165, 1.54) is 0 Å². The second kappa shape index (κ2) is 6.32. The molecule has 6 nitrogen and oxygen atoms in total. The zero-order valence-electron chi connectivity index (χ0n) is 10.6. The molecule has 8 heteroatoms. The molecule has 1 N–H and O–H groups in total. The van der Waals surface area contributed by atoms with E-state index in [1.807, 2.05) is 13.0 Å². The van der Waals surface area contributed by atoms with Crippen molar-refractivity contribution in [2.24, 2.45) is 5.92 Å². The number of hydrogen-bond acceptors (Lipinski definition) is 4. The van der Waals surface area contributed by atoms with Gasteiger partial charge in [0.1, 0.15) is 0 Å². The lowest BCUT2D eigenvalue weighted by Crippen LogP contribution is -2.14. The molecule has 0 aliphatic rings. The largest absolute Gasteiger partial charge is 0.481 e. The molecule has 1 heterocycles. The van der Waals surface area contributed by atoms with Gasteiger partial charge in [-0.2, -0.15) is 0 Å². The molecule has 0 saturated heterocycles. The summed E-state index contributed by atoms with van der Waals surface area (Å²) in [6, 6.07) is 5.39. The van der Waals surface area contributed by atoms with Crippen LogP contribution in [0.4, 0.5) is 0 Å². The molecule has 0 aliphatic heterocycles. The zero-order chi connectivity index (χ0) is 14.7. The number of carboxylic acid groups (broad SMARTS) is 1. The van der Waals surface area contributed by atoms with Gasteiger partial charge in [-0.05, 0) is 34.5 Å². The highest BCUT2D eigenvalue weighted by Crippen LogP contribution is 2.26. The third-order valence-corrected chi connectivity index (χ3v) is 3.34. The van der Waals surface area contributed by atoms with Crippen LogP contribution < -0.4 is 0 Å². The molecule has 1 aromatic carbocycles. The fraction of sp³-hybridized carbons (Fsp3) is 0.333. The number of carboxylic acids is 1. The van der Waals surface area contributed by atoms with Crippen LogP contribution in [-0.4, -0.2) is 31.3 Å². The first kappa shape index (κ1) is 14.9. The summed E-state index contributed by atoms with van der Waals surface area (Å²) in [7, 11) is 0. The van der Waals surface area contributed by atoms with E-state index >= 15 is 0 Å². The number of nitrogens with zero attached hydrogens (tertiary/aromatic N) is 4. The molecule has 0 bridgehead atoms. The summed E-state index contributed by atoms with van der Waals surface area (Å²) in [5, 5.41) is 20.9. The first-order valence-electron chi connectivity index (χ1n) is 5.90.